The van der Waals surface area contributed by atoms with Gasteiger partial charge in [-0.2, -0.15) is 0 Å². The zero-order chi connectivity index (χ0) is 14.7. The van der Waals surface area contributed by atoms with Gasteiger partial charge in [-0.05, 0) is 12.8 Å². The summed E-state index contributed by atoms with van der Waals surface area (Å²) in [7, 11) is -2.10. The monoisotopic (exact) mass is 294 g/mol. The first kappa shape index (κ1) is 18.4. The average Bonchev–Trinajstić information content (AvgIpc) is 2.72. The van der Waals surface area contributed by atoms with Crippen molar-refractivity contribution < 1.29 is 18.9 Å². The molecule has 0 radical (unpaired) electrons. The van der Waals surface area contributed by atoms with Crippen molar-refractivity contribution in [2.24, 2.45) is 0 Å². The summed E-state index contributed by atoms with van der Waals surface area (Å²) in [5.74, 6) is 0. The minimum Gasteiger partial charge on any atom is -0.362 e. The van der Waals surface area contributed by atoms with Gasteiger partial charge in [0.25, 0.3) is 0 Å². The fraction of sp³-hybridized carbons (Fsp3) is 0.833. The molecule has 0 atom stereocenters. The van der Waals surface area contributed by atoms with Gasteiger partial charge in [-0.25, -0.2) is 4.57 Å². The Labute approximate surface area is 116 Å². The zero-order valence-electron chi connectivity index (χ0n) is 12.2. The molecular weight excluding hydrogens is 267 g/mol. The number of hydrogen-bond donors (Lipinski definition) is 2. The summed E-state index contributed by atoms with van der Waals surface area (Å²) < 4.78 is 14.1. The van der Waals surface area contributed by atoms with Crippen LogP contribution >= 0.6 is 7.82 Å². The second-order valence-electron chi connectivity index (χ2n) is 4.54. The molecule has 0 spiro atoms. The van der Waals surface area contributed by atoms with E-state index in [1.165, 1.54) is 19.4 Å². The van der Waals surface area contributed by atoms with Gasteiger partial charge in [0.2, 0.25) is 0 Å². The topological polar surface area (TPSA) is 73.2 Å². The summed E-state index contributed by atoms with van der Waals surface area (Å²) in [4.78, 5) is 20.8. The molecule has 0 aliphatic carbocycles. The number of phosphoric ester groups is 1. The Balaban J connectivity index is 0.000000344. The highest BCUT2D eigenvalue weighted by atomic mass is 31.2. The predicted octanol–water partition coefficient (Wildman–Crippen LogP) is 2.36. The van der Waals surface area contributed by atoms with E-state index in [-0.39, 0.29) is 6.61 Å². The Morgan fingerprint density at radius 3 is 2.26 bits per heavy atom. The van der Waals surface area contributed by atoms with Crippen molar-refractivity contribution in [2.75, 3.05) is 26.9 Å². The summed E-state index contributed by atoms with van der Waals surface area (Å²) in [5.41, 5.74) is 0. The van der Waals surface area contributed by atoms with Crippen molar-refractivity contribution >= 4 is 7.82 Å². The maximum absolute atomic E-state index is 9.98. The molecule has 1 rings (SSSR count). The Kier molecular flexibility index (Phi) is 9.97. The van der Waals surface area contributed by atoms with Crippen LogP contribution in [0.3, 0.4) is 0 Å². The Hall–Kier alpha value is -0.550. The molecule has 0 aromatic carbocycles. The van der Waals surface area contributed by atoms with Crippen LogP contribution in [0.15, 0.2) is 12.4 Å². The molecule has 2 N–H and O–H groups in total. The van der Waals surface area contributed by atoms with E-state index in [9.17, 15) is 4.57 Å². The van der Waals surface area contributed by atoms with E-state index in [1.54, 1.807) is 0 Å². The Morgan fingerprint density at radius 2 is 1.84 bits per heavy atom. The lowest BCUT2D eigenvalue weighted by molar-refractivity contribution is 0.194. The van der Waals surface area contributed by atoms with Gasteiger partial charge in [0.05, 0.1) is 13.3 Å². The van der Waals surface area contributed by atoms with Crippen molar-refractivity contribution in [3.63, 3.8) is 0 Å². The van der Waals surface area contributed by atoms with Crippen molar-refractivity contribution in [1.29, 1.82) is 0 Å². The highest BCUT2D eigenvalue weighted by Gasteiger charge is 2.11. The minimum atomic E-state index is -4.20. The SMILES string of the molecule is CCCCN1C=CN(C)C1.CCCCOP(=O)(O)O. The normalized spacial score (nSPS) is 14.6. The first-order valence-electron chi connectivity index (χ1n) is 6.71. The summed E-state index contributed by atoms with van der Waals surface area (Å²) in [6, 6.07) is 0. The molecule has 0 aromatic heterocycles. The van der Waals surface area contributed by atoms with Crippen LogP contribution in [0.2, 0.25) is 0 Å². The van der Waals surface area contributed by atoms with Gasteiger partial charge in [-0.1, -0.05) is 26.7 Å². The van der Waals surface area contributed by atoms with Crippen LogP contribution in [0.1, 0.15) is 39.5 Å². The second kappa shape index (κ2) is 10.3. The molecule has 114 valence electrons. The van der Waals surface area contributed by atoms with Crippen molar-refractivity contribution in [2.45, 2.75) is 39.5 Å². The molecule has 0 saturated heterocycles. The maximum atomic E-state index is 9.98. The Morgan fingerprint density at radius 1 is 1.21 bits per heavy atom. The summed E-state index contributed by atoms with van der Waals surface area (Å²) in [6.07, 6.45) is 8.43. The van der Waals surface area contributed by atoms with Gasteiger partial charge in [0.1, 0.15) is 0 Å². The van der Waals surface area contributed by atoms with Crippen LogP contribution in [0.5, 0.6) is 0 Å². The third-order valence-electron chi connectivity index (χ3n) is 2.49. The number of nitrogens with zero attached hydrogens (tertiary/aromatic N) is 2. The first-order valence-corrected chi connectivity index (χ1v) is 8.24. The van der Waals surface area contributed by atoms with E-state index in [1.807, 2.05) is 6.92 Å². The van der Waals surface area contributed by atoms with E-state index in [0.29, 0.717) is 6.42 Å². The lowest BCUT2D eigenvalue weighted by Gasteiger charge is -2.17. The van der Waals surface area contributed by atoms with Crippen LogP contribution in [-0.4, -0.2) is 46.5 Å². The molecule has 7 heteroatoms. The third-order valence-corrected chi connectivity index (χ3v) is 3.01. The lowest BCUT2D eigenvalue weighted by atomic mass is 10.3. The van der Waals surface area contributed by atoms with E-state index in [4.69, 9.17) is 9.79 Å². The Bertz CT molecular complexity index is 293. The molecule has 19 heavy (non-hydrogen) atoms. The van der Waals surface area contributed by atoms with Crippen LogP contribution in [0, 0.1) is 0 Å². The number of hydrogen-bond acceptors (Lipinski definition) is 4. The standard InChI is InChI=1S/C8H16N2.C4H11O4P/c1-3-4-5-10-7-6-9(2)8-10;1-2-3-4-8-9(5,6)7/h6-7H,3-5,8H2,1-2H3;2-4H2,1H3,(H2,5,6,7). The fourth-order valence-corrected chi connectivity index (χ4v) is 1.79. The third kappa shape index (κ3) is 12.2. The predicted molar refractivity (Wildman–Crippen MR) is 76.3 cm³/mol. The van der Waals surface area contributed by atoms with Crippen molar-refractivity contribution in [3.05, 3.63) is 12.4 Å². The van der Waals surface area contributed by atoms with Crippen LogP contribution in [0.4, 0.5) is 0 Å². The molecule has 1 aliphatic heterocycles. The lowest BCUT2D eigenvalue weighted by Crippen LogP contribution is -2.23. The highest BCUT2D eigenvalue weighted by Crippen LogP contribution is 2.35. The van der Waals surface area contributed by atoms with Crippen LogP contribution in [0.25, 0.3) is 0 Å². The molecule has 0 fully saturated rings. The highest BCUT2D eigenvalue weighted by molar-refractivity contribution is 7.46. The first-order chi connectivity index (χ1) is 8.89. The van der Waals surface area contributed by atoms with Crippen molar-refractivity contribution in [3.8, 4) is 0 Å². The molecule has 0 saturated carbocycles. The molecule has 0 bridgehead atoms. The summed E-state index contributed by atoms with van der Waals surface area (Å²) >= 11 is 0. The van der Waals surface area contributed by atoms with E-state index in [0.717, 1.165) is 13.1 Å². The molecule has 1 aliphatic rings. The van der Waals surface area contributed by atoms with Gasteiger partial charge in [0.15, 0.2) is 0 Å². The van der Waals surface area contributed by atoms with E-state index < -0.39 is 7.82 Å². The van der Waals surface area contributed by atoms with Gasteiger partial charge in [0, 0.05) is 26.0 Å². The summed E-state index contributed by atoms with van der Waals surface area (Å²) in [6.45, 7) is 6.56. The van der Waals surface area contributed by atoms with E-state index >= 15 is 0 Å². The minimum absolute atomic E-state index is 0.140. The van der Waals surface area contributed by atoms with Gasteiger partial charge >= 0.3 is 7.82 Å². The molecule has 6 nitrogen and oxygen atoms in total. The average molecular weight is 294 g/mol. The molecule has 0 aromatic rings. The number of rotatable bonds is 7. The van der Waals surface area contributed by atoms with Gasteiger partial charge < -0.3 is 19.6 Å². The molecule has 0 unspecified atom stereocenters. The van der Waals surface area contributed by atoms with E-state index in [2.05, 4.69) is 40.7 Å². The fourth-order valence-electron chi connectivity index (χ4n) is 1.42. The van der Waals surface area contributed by atoms with Crippen molar-refractivity contribution in [1.82, 2.24) is 9.80 Å². The molecular formula is C12H27N2O4P. The summed E-state index contributed by atoms with van der Waals surface area (Å²) in [5, 5.41) is 0. The number of unbranched alkanes of at least 4 members (excludes halogenated alkanes) is 2. The molecule has 0 amide bonds. The largest absolute Gasteiger partial charge is 0.469 e. The second-order valence-corrected chi connectivity index (χ2v) is 5.78. The zero-order valence-corrected chi connectivity index (χ0v) is 13.1. The van der Waals surface area contributed by atoms with Gasteiger partial charge in [-0.15, -0.1) is 0 Å². The quantitative estimate of drug-likeness (QED) is 0.554. The maximum Gasteiger partial charge on any atom is 0.469 e. The smallest absolute Gasteiger partial charge is 0.362 e. The number of phosphoric acid groups is 1. The van der Waals surface area contributed by atoms with Crippen LogP contribution < -0.4 is 0 Å². The van der Waals surface area contributed by atoms with Gasteiger partial charge in [-0.3, -0.25) is 4.52 Å². The molecule has 1 heterocycles. The van der Waals surface area contributed by atoms with Crippen LogP contribution in [-0.2, 0) is 9.09 Å².